The fourth-order valence-corrected chi connectivity index (χ4v) is 1.96. The molecule has 2 aromatic rings. The van der Waals surface area contributed by atoms with Crippen LogP contribution in [0.5, 0.6) is 0 Å². The van der Waals surface area contributed by atoms with E-state index in [1.54, 1.807) is 6.20 Å². The average Bonchev–Trinajstić information content (AvgIpc) is 2.82. The average molecular weight is 265 g/mol. The molecule has 1 unspecified atom stereocenters. The number of rotatable bonds is 5. The van der Waals surface area contributed by atoms with Crippen LogP contribution >= 0.6 is 0 Å². The van der Waals surface area contributed by atoms with Gasteiger partial charge in [-0.3, -0.25) is 4.68 Å². The summed E-state index contributed by atoms with van der Waals surface area (Å²) in [4.78, 5) is 0. The maximum Gasteiger partial charge on any atom is 0.129 e. The molecule has 0 aliphatic heterocycles. The molecular formula is C14H17F2N3. The van der Waals surface area contributed by atoms with Gasteiger partial charge < -0.3 is 5.73 Å². The first-order valence-corrected chi connectivity index (χ1v) is 6.32. The lowest BCUT2D eigenvalue weighted by Gasteiger charge is -2.10. The first-order chi connectivity index (χ1) is 9.10. The molecule has 0 radical (unpaired) electrons. The number of nitrogens with zero attached hydrogens (tertiary/aromatic N) is 2. The van der Waals surface area contributed by atoms with E-state index in [9.17, 15) is 8.78 Å². The first kappa shape index (κ1) is 13.7. The van der Waals surface area contributed by atoms with Crippen molar-refractivity contribution in [2.75, 3.05) is 0 Å². The molecule has 1 heterocycles. The lowest BCUT2D eigenvalue weighted by Crippen LogP contribution is -2.13. The first-order valence-electron chi connectivity index (χ1n) is 6.32. The third-order valence-corrected chi connectivity index (χ3v) is 2.99. The Morgan fingerprint density at radius 2 is 2.16 bits per heavy atom. The molecule has 1 aromatic carbocycles. The predicted molar refractivity (Wildman–Crippen MR) is 69.5 cm³/mol. The van der Waals surface area contributed by atoms with Gasteiger partial charge in [0.2, 0.25) is 0 Å². The highest BCUT2D eigenvalue weighted by Crippen LogP contribution is 2.18. The third kappa shape index (κ3) is 3.38. The molecule has 0 spiro atoms. The number of aryl methyl sites for hydroxylation is 1. The summed E-state index contributed by atoms with van der Waals surface area (Å²) in [6.07, 6.45) is 4.88. The van der Waals surface area contributed by atoms with E-state index in [0.717, 1.165) is 24.6 Å². The van der Waals surface area contributed by atoms with E-state index in [1.807, 2.05) is 10.9 Å². The number of benzene rings is 1. The van der Waals surface area contributed by atoms with Gasteiger partial charge in [0.1, 0.15) is 11.6 Å². The highest BCUT2D eigenvalue weighted by molar-refractivity contribution is 5.22. The van der Waals surface area contributed by atoms with Gasteiger partial charge in [-0.2, -0.15) is 5.10 Å². The third-order valence-electron chi connectivity index (χ3n) is 2.99. The van der Waals surface area contributed by atoms with Crippen molar-refractivity contribution < 1.29 is 8.78 Å². The zero-order valence-electron chi connectivity index (χ0n) is 10.8. The predicted octanol–water partition coefficient (Wildman–Crippen LogP) is 2.81. The molecule has 0 amide bonds. The number of aromatic nitrogens is 2. The summed E-state index contributed by atoms with van der Waals surface area (Å²) in [6, 6.07) is 3.21. The Balaban J connectivity index is 2.09. The van der Waals surface area contributed by atoms with Crippen LogP contribution in [-0.4, -0.2) is 9.78 Å². The highest BCUT2D eigenvalue weighted by atomic mass is 19.1. The molecule has 0 aliphatic rings. The summed E-state index contributed by atoms with van der Waals surface area (Å²) >= 11 is 0. The monoisotopic (exact) mass is 265 g/mol. The summed E-state index contributed by atoms with van der Waals surface area (Å²) in [6.45, 7) is 2.90. The molecule has 2 N–H and O–H groups in total. The van der Waals surface area contributed by atoms with Gasteiger partial charge >= 0.3 is 0 Å². The van der Waals surface area contributed by atoms with Crippen molar-refractivity contribution >= 4 is 0 Å². The molecule has 0 aliphatic carbocycles. The van der Waals surface area contributed by atoms with Gasteiger partial charge in [0, 0.05) is 30.4 Å². The van der Waals surface area contributed by atoms with E-state index >= 15 is 0 Å². The zero-order valence-corrected chi connectivity index (χ0v) is 10.8. The Hall–Kier alpha value is -1.75. The highest BCUT2D eigenvalue weighted by Gasteiger charge is 2.12. The normalized spacial score (nSPS) is 12.6. The molecule has 1 atom stereocenters. The van der Waals surface area contributed by atoms with Crippen LogP contribution in [0.1, 0.15) is 30.5 Å². The molecule has 2 rings (SSSR count). The van der Waals surface area contributed by atoms with Crippen molar-refractivity contribution in [2.24, 2.45) is 5.73 Å². The fourth-order valence-electron chi connectivity index (χ4n) is 1.96. The van der Waals surface area contributed by atoms with E-state index in [0.29, 0.717) is 12.0 Å². The van der Waals surface area contributed by atoms with E-state index in [1.165, 1.54) is 12.1 Å². The van der Waals surface area contributed by atoms with Crippen molar-refractivity contribution in [1.82, 2.24) is 9.78 Å². The van der Waals surface area contributed by atoms with E-state index in [2.05, 4.69) is 12.0 Å². The minimum atomic E-state index is -0.578. The second kappa shape index (κ2) is 5.93. The van der Waals surface area contributed by atoms with Crippen LogP contribution in [0.2, 0.25) is 0 Å². The van der Waals surface area contributed by atoms with Gasteiger partial charge in [-0.05, 0) is 24.5 Å². The lowest BCUT2D eigenvalue weighted by atomic mass is 10.0. The smallest absolute Gasteiger partial charge is 0.129 e. The van der Waals surface area contributed by atoms with Crippen molar-refractivity contribution in [2.45, 2.75) is 32.4 Å². The second-order valence-electron chi connectivity index (χ2n) is 4.58. The van der Waals surface area contributed by atoms with Crippen LogP contribution < -0.4 is 5.73 Å². The van der Waals surface area contributed by atoms with Crippen molar-refractivity contribution in [1.29, 1.82) is 0 Å². The van der Waals surface area contributed by atoms with Gasteiger partial charge in [-0.25, -0.2) is 8.78 Å². The van der Waals surface area contributed by atoms with Crippen LogP contribution in [0.3, 0.4) is 0 Å². The molecule has 3 nitrogen and oxygen atoms in total. The molecule has 0 saturated heterocycles. The van der Waals surface area contributed by atoms with Gasteiger partial charge in [0.15, 0.2) is 0 Å². The maximum atomic E-state index is 13.5. The standard InChI is InChI=1S/C14H17F2N3/c1-2-5-19-9-11(8-18-19)14(17)6-10-3-4-12(15)7-13(10)16/h3-4,7-9,14H,2,5-6,17H2,1H3. The quantitative estimate of drug-likeness (QED) is 0.903. The Bertz CT molecular complexity index is 551. The van der Waals surface area contributed by atoms with Crippen LogP contribution in [0.4, 0.5) is 8.78 Å². The van der Waals surface area contributed by atoms with Gasteiger partial charge in [-0.1, -0.05) is 13.0 Å². The topological polar surface area (TPSA) is 43.8 Å². The van der Waals surface area contributed by atoms with Crippen molar-refractivity contribution in [3.63, 3.8) is 0 Å². The number of hydrogen-bond acceptors (Lipinski definition) is 2. The summed E-state index contributed by atoms with van der Waals surface area (Å²) in [7, 11) is 0. The van der Waals surface area contributed by atoms with Crippen LogP contribution in [0.25, 0.3) is 0 Å². The summed E-state index contributed by atoms with van der Waals surface area (Å²) < 4.78 is 28.2. The Kier molecular flexibility index (Phi) is 4.27. The van der Waals surface area contributed by atoms with E-state index in [-0.39, 0.29) is 6.04 Å². The Morgan fingerprint density at radius 1 is 1.37 bits per heavy atom. The SMILES string of the molecule is CCCn1cc(C(N)Cc2ccc(F)cc2F)cn1. The molecule has 102 valence electrons. The number of nitrogens with two attached hydrogens (primary N) is 1. The molecule has 1 aromatic heterocycles. The van der Waals surface area contributed by atoms with Crippen LogP contribution in [-0.2, 0) is 13.0 Å². The Morgan fingerprint density at radius 3 is 2.84 bits per heavy atom. The summed E-state index contributed by atoms with van der Waals surface area (Å²) in [5, 5.41) is 4.19. The lowest BCUT2D eigenvalue weighted by molar-refractivity contribution is 0.562. The molecule has 19 heavy (non-hydrogen) atoms. The molecule has 0 fully saturated rings. The number of halogens is 2. The van der Waals surface area contributed by atoms with Gasteiger partial charge in [0.25, 0.3) is 0 Å². The molecule has 0 bridgehead atoms. The Labute approximate surface area is 111 Å². The van der Waals surface area contributed by atoms with E-state index in [4.69, 9.17) is 5.73 Å². The fraction of sp³-hybridized carbons (Fsp3) is 0.357. The number of hydrogen-bond donors (Lipinski definition) is 1. The second-order valence-corrected chi connectivity index (χ2v) is 4.58. The van der Waals surface area contributed by atoms with Crippen molar-refractivity contribution in [3.8, 4) is 0 Å². The molecule has 0 saturated carbocycles. The maximum absolute atomic E-state index is 13.5. The minimum absolute atomic E-state index is 0.323. The minimum Gasteiger partial charge on any atom is -0.324 e. The molecular weight excluding hydrogens is 248 g/mol. The van der Waals surface area contributed by atoms with Crippen LogP contribution in [0, 0.1) is 11.6 Å². The molecule has 5 heteroatoms. The summed E-state index contributed by atoms with van der Waals surface area (Å²) in [5.41, 5.74) is 7.30. The van der Waals surface area contributed by atoms with Crippen LogP contribution in [0.15, 0.2) is 30.6 Å². The summed E-state index contributed by atoms with van der Waals surface area (Å²) in [5.74, 6) is -1.14. The largest absolute Gasteiger partial charge is 0.324 e. The van der Waals surface area contributed by atoms with Gasteiger partial charge in [0.05, 0.1) is 6.20 Å². The van der Waals surface area contributed by atoms with Gasteiger partial charge in [-0.15, -0.1) is 0 Å². The zero-order chi connectivity index (χ0) is 13.8. The van der Waals surface area contributed by atoms with Crippen molar-refractivity contribution in [3.05, 3.63) is 53.4 Å². The van der Waals surface area contributed by atoms with E-state index < -0.39 is 11.6 Å².